The van der Waals surface area contributed by atoms with Crippen molar-refractivity contribution >= 4 is 11.6 Å². The first kappa shape index (κ1) is 14.6. The normalized spacial score (nSPS) is 10.7. The van der Waals surface area contributed by atoms with Gasteiger partial charge in [0.15, 0.2) is 0 Å². The Morgan fingerprint density at radius 2 is 1.89 bits per heavy atom. The highest BCUT2D eigenvalue weighted by molar-refractivity contribution is 5.94. The van der Waals surface area contributed by atoms with Crippen molar-refractivity contribution < 1.29 is 9.90 Å². The minimum Gasteiger partial charge on any atom is -0.508 e. The topological polar surface area (TPSA) is 40.5 Å². The van der Waals surface area contributed by atoms with Crippen LogP contribution >= 0.6 is 0 Å². The van der Waals surface area contributed by atoms with Crippen LogP contribution in [0.25, 0.3) is 0 Å². The zero-order chi connectivity index (χ0) is 13.5. The Kier molecular flexibility index (Phi) is 5.69. The number of anilines is 1. The Hall–Kier alpha value is -1.51. The van der Waals surface area contributed by atoms with E-state index in [1.165, 1.54) is 0 Å². The summed E-state index contributed by atoms with van der Waals surface area (Å²) >= 11 is 0. The van der Waals surface area contributed by atoms with E-state index in [0.717, 1.165) is 31.4 Å². The molecule has 18 heavy (non-hydrogen) atoms. The number of hydrogen-bond acceptors (Lipinski definition) is 2. The van der Waals surface area contributed by atoms with Crippen molar-refractivity contribution in [2.24, 2.45) is 5.92 Å². The molecule has 1 N–H and O–H groups in total. The Bertz CT molecular complexity index is 384. The zero-order valence-electron chi connectivity index (χ0n) is 11.5. The first-order valence-electron chi connectivity index (χ1n) is 6.66. The third kappa shape index (κ3) is 3.76. The van der Waals surface area contributed by atoms with Gasteiger partial charge in [-0.25, -0.2) is 0 Å². The van der Waals surface area contributed by atoms with Crippen LogP contribution in [0.3, 0.4) is 0 Å². The number of aromatic hydroxyl groups is 1. The number of rotatable bonds is 6. The number of nitrogens with zero attached hydrogens (tertiary/aromatic N) is 1. The van der Waals surface area contributed by atoms with Crippen LogP contribution < -0.4 is 4.90 Å². The Morgan fingerprint density at radius 3 is 2.39 bits per heavy atom. The predicted octanol–water partition coefficient (Wildman–Crippen LogP) is 3.57. The molecule has 0 saturated heterocycles. The van der Waals surface area contributed by atoms with Gasteiger partial charge >= 0.3 is 0 Å². The molecular weight excluding hydrogens is 226 g/mol. The van der Waals surface area contributed by atoms with E-state index in [-0.39, 0.29) is 17.6 Å². The maximum absolute atomic E-state index is 12.4. The van der Waals surface area contributed by atoms with Crippen molar-refractivity contribution in [3.8, 4) is 5.75 Å². The molecular formula is C15H23NO2. The summed E-state index contributed by atoms with van der Waals surface area (Å²) in [6.45, 7) is 4.20. The highest BCUT2D eigenvalue weighted by Crippen LogP contribution is 2.23. The van der Waals surface area contributed by atoms with Gasteiger partial charge in [0.1, 0.15) is 5.75 Å². The van der Waals surface area contributed by atoms with Gasteiger partial charge < -0.3 is 10.0 Å². The molecule has 0 fully saturated rings. The van der Waals surface area contributed by atoms with E-state index in [0.29, 0.717) is 0 Å². The van der Waals surface area contributed by atoms with Gasteiger partial charge in [0.05, 0.1) is 0 Å². The summed E-state index contributed by atoms with van der Waals surface area (Å²) in [4.78, 5) is 14.0. The summed E-state index contributed by atoms with van der Waals surface area (Å²) in [6.07, 6.45) is 3.89. The van der Waals surface area contributed by atoms with Crippen molar-refractivity contribution in [2.75, 3.05) is 11.9 Å². The number of amides is 1. The summed E-state index contributed by atoms with van der Waals surface area (Å²) in [6, 6.07) is 6.82. The molecule has 0 aliphatic heterocycles. The van der Waals surface area contributed by atoms with E-state index in [2.05, 4.69) is 13.8 Å². The van der Waals surface area contributed by atoms with Gasteiger partial charge in [0.25, 0.3) is 0 Å². The fourth-order valence-electron chi connectivity index (χ4n) is 2.19. The fourth-order valence-corrected chi connectivity index (χ4v) is 2.19. The average Bonchev–Trinajstić information content (AvgIpc) is 2.37. The minimum atomic E-state index is 0.0901. The number of phenolic OH excluding ortho intramolecular Hbond substituents is 1. The molecule has 1 aromatic carbocycles. The summed E-state index contributed by atoms with van der Waals surface area (Å²) in [7, 11) is 1.77. The number of phenols is 1. The molecule has 0 unspecified atom stereocenters. The molecule has 0 atom stereocenters. The molecule has 1 rings (SSSR count). The van der Waals surface area contributed by atoms with Gasteiger partial charge in [-0.3, -0.25) is 4.79 Å². The molecule has 1 amide bonds. The lowest BCUT2D eigenvalue weighted by atomic mass is 9.96. The molecule has 0 bridgehead atoms. The van der Waals surface area contributed by atoms with E-state index in [1.54, 1.807) is 30.1 Å². The van der Waals surface area contributed by atoms with Gasteiger partial charge in [-0.05, 0) is 25.0 Å². The molecule has 0 heterocycles. The van der Waals surface area contributed by atoms with Gasteiger partial charge in [0, 0.05) is 24.7 Å². The van der Waals surface area contributed by atoms with E-state index in [1.807, 2.05) is 6.07 Å². The van der Waals surface area contributed by atoms with Crippen LogP contribution in [0.1, 0.15) is 39.5 Å². The molecule has 100 valence electrons. The lowest BCUT2D eigenvalue weighted by Gasteiger charge is -2.23. The molecule has 0 aliphatic rings. The van der Waals surface area contributed by atoms with Crippen LogP contribution in [0.2, 0.25) is 0 Å². The molecule has 3 nitrogen and oxygen atoms in total. The van der Waals surface area contributed by atoms with E-state index in [9.17, 15) is 9.90 Å². The van der Waals surface area contributed by atoms with E-state index >= 15 is 0 Å². The summed E-state index contributed by atoms with van der Waals surface area (Å²) < 4.78 is 0. The second-order valence-electron chi connectivity index (χ2n) is 4.69. The second kappa shape index (κ2) is 7.04. The molecule has 0 aromatic heterocycles. The maximum Gasteiger partial charge on any atom is 0.229 e. The Morgan fingerprint density at radius 1 is 1.28 bits per heavy atom. The second-order valence-corrected chi connectivity index (χ2v) is 4.69. The first-order chi connectivity index (χ1) is 8.60. The van der Waals surface area contributed by atoms with E-state index in [4.69, 9.17) is 0 Å². The SMILES string of the molecule is CCCC(CCC)C(=O)N(C)c1cccc(O)c1. The maximum atomic E-state index is 12.4. The van der Waals surface area contributed by atoms with Crippen molar-refractivity contribution in [3.63, 3.8) is 0 Å². The van der Waals surface area contributed by atoms with Crippen LogP contribution in [0.4, 0.5) is 5.69 Å². The van der Waals surface area contributed by atoms with Crippen LogP contribution in [0, 0.1) is 5.92 Å². The van der Waals surface area contributed by atoms with Gasteiger partial charge in [-0.15, -0.1) is 0 Å². The average molecular weight is 249 g/mol. The van der Waals surface area contributed by atoms with Crippen LogP contribution in [-0.2, 0) is 4.79 Å². The quantitative estimate of drug-likeness (QED) is 0.837. The molecule has 0 aliphatic carbocycles. The summed E-state index contributed by atoms with van der Waals surface area (Å²) in [5.74, 6) is 0.423. The van der Waals surface area contributed by atoms with E-state index < -0.39 is 0 Å². The first-order valence-corrected chi connectivity index (χ1v) is 6.66. The summed E-state index contributed by atoms with van der Waals surface area (Å²) in [5, 5.41) is 9.45. The molecule has 0 spiro atoms. The van der Waals surface area contributed by atoms with Crippen molar-refractivity contribution in [3.05, 3.63) is 24.3 Å². The fraction of sp³-hybridized carbons (Fsp3) is 0.533. The highest BCUT2D eigenvalue weighted by Gasteiger charge is 2.21. The molecule has 0 saturated carbocycles. The van der Waals surface area contributed by atoms with Crippen LogP contribution in [0.5, 0.6) is 5.75 Å². The Labute approximate surface area is 109 Å². The third-order valence-corrected chi connectivity index (χ3v) is 3.17. The van der Waals surface area contributed by atoms with Gasteiger partial charge in [-0.1, -0.05) is 32.8 Å². The minimum absolute atomic E-state index is 0.0901. The summed E-state index contributed by atoms with van der Waals surface area (Å²) in [5.41, 5.74) is 0.747. The lowest BCUT2D eigenvalue weighted by Crippen LogP contribution is -2.32. The lowest BCUT2D eigenvalue weighted by molar-refractivity contribution is -0.122. The highest BCUT2D eigenvalue weighted by atomic mass is 16.3. The smallest absolute Gasteiger partial charge is 0.229 e. The van der Waals surface area contributed by atoms with Crippen molar-refractivity contribution in [2.45, 2.75) is 39.5 Å². The molecule has 0 radical (unpaired) electrons. The third-order valence-electron chi connectivity index (χ3n) is 3.17. The van der Waals surface area contributed by atoms with Crippen molar-refractivity contribution in [1.29, 1.82) is 0 Å². The van der Waals surface area contributed by atoms with Crippen molar-refractivity contribution in [1.82, 2.24) is 0 Å². The van der Waals surface area contributed by atoms with Gasteiger partial charge in [0.2, 0.25) is 5.91 Å². The zero-order valence-corrected chi connectivity index (χ0v) is 11.5. The molecule has 3 heteroatoms. The van der Waals surface area contributed by atoms with Crippen LogP contribution in [-0.4, -0.2) is 18.1 Å². The number of benzene rings is 1. The monoisotopic (exact) mass is 249 g/mol. The molecule has 1 aromatic rings. The largest absolute Gasteiger partial charge is 0.508 e. The standard InChI is InChI=1S/C15H23NO2/c1-4-7-12(8-5-2)15(18)16(3)13-9-6-10-14(17)11-13/h6,9-12,17H,4-5,7-8H2,1-3H3. The van der Waals surface area contributed by atoms with Crippen LogP contribution in [0.15, 0.2) is 24.3 Å². The number of carbonyl (C=O) groups excluding carboxylic acids is 1. The predicted molar refractivity (Wildman–Crippen MR) is 74.8 cm³/mol. The number of hydrogen-bond donors (Lipinski definition) is 1. The van der Waals surface area contributed by atoms with Gasteiger partial charge in [-0.2, -0.15) is 0 Å². The number of carbonyl (C=O) groups is 1. The Balaban J connectivity index is 2.81.